The first-order chi connectivity index (χ1) is 8.80. The summed E-state index contributed by atoms with van der Waals surface area (Å²) in [7, 11) is 0. The van der Waals surface area contributed by atoms with Gasteiger partial charge in [-0.15, -0.1) is 0 Å². The van der Waals surface area contributed by atoms with Crippen LogP contribution in [0.25, 0.3) is 0 Å². The van der Waals surface area contributed by atoms with Crippen LogP contribution in [0, 0.1) is 5.41 Å². The van der Waals surface area contributed by atoms with Crippen molar-refractivity contribution in [1.82, 2.24) is 0 Å². The molecule has 1 heterocycles. The monoisotopic (exact) mass is 261 g/mol. The molecule has 0 saturated carbocycles. The van der Waals surface area contributed by atoms with Crippen molar-refractivity contribution >= 4 is 17.4 Å². The Kier molecular flexibility index (Phi) is 3.35. The SMILES string of the molecule is CC(=O)c1ccc2c(c1)N(C(=O)C(C)(C)C)CCO2. The van der Waals surface area contributed by atoms with Crippen LogP contribution in [0.3, 0.4) is 0 Å². The zero-order chi connectivity index (χ0) is 14.2. The van der Waals surface area contributed by atoms with E-state index in [2.05, 4.69) is 0 Å². The molecule has 4 nitrogen and oxygen atoms in total. The Morgan fingerprint density at radius 1 is 1.26 bits per heavy atom. The maximum atomic E-state index is 12.4. The fourth-order valence-electron chi connectivity index (χ4n) is 2.05. The van der Waals surface area contributed by atoms with Gasteiger partial charge in [0.25, 0.3) is 0 Å². The minimum Gasteiger partial charge on any atom is -0.490 e. The van der Waals surface area contributed by atoms with Crippen molar-refractivity contribution in [1.29, 1.82) is 0 Å². The lowest BCUT2D eigenvalue weighted by molar-refractivity contribution is -0.126. The minimum absolute atomic E-state index is 0.0171. The van der Waals surface area contributed by atoms with Crippen molar-refractivity contribution in [2.45, 2.75) is 27.7 Å². The highest BCUT2D eigenvalue weighted by Crippen LogP contribution is 2.35. The number of hydrogen-bond donors (Lipinski definition) is 0. The molecule has 4 heteroatoms. The van der Waals surface area contributed by atoms with Gasteiger partial charge in [-0.2, -0.15) is 0 Å². The highest BCUT2D eigenvalue weighted by molar-refractivity contribution is 6.01. The molecule has 0 atom stereocenters. The van der Waals surface area contributed by atoms with Crippen LogP contribution in [0.2, 0.25) is 0 Å². The fraction of sp³-hybridized carbons (Fsp3) is 0.467. The second-order valence-electron chi connectivity index (χ2n) is 5.79. The summed E-state index contributed by atoms with van der Waals surface area (Å²) in [6, 6.07) is 5.22. The summed E-state index contributed by atoms with van der Waals surface area (Å²) in [6.07, 6.45) is 0. The maximum Gasteiger partial charge on any atom is 0.232 e. The van der Waals surface area contributed by atoms with E-state index in [4.69, 9.17) is 4.74 Å². The Hall–Kier alpha value is -1.84. The molecule has 0 bridgehead atoms. The normalized spacial score (nSPS) is 14.6. The van der Waals surface area contributed by atoms with E-state index >= 15 is 0 Å². The zero-order valence-corrected chi connectivity index (χ0v) is 11.8. The molecule has 1 aromatic rings. The van der Waals surface area contributed by atoms with E-state index in [-0.39, 0.29) is 11.7 Å². The van der Waals surface area contributed by atoms with E-state index in [0.29, 0.717) is 30.2 Å². The van der Waals surface area contributed by atoms with Gasteiger partial charge in [-0.05, 0) is 25.1 Å². The number of hydrogen-bond acceptors (Lipinski definition) is 3. The molecule has 0 radical (unpaired) electrons. The standard InChI is InChI=1S/C15H19NO3/c1-10(17)11-5-6-13-12(9-11)16(7-8-19-13)14(18)15(2,3)4/h5-6,9H,7-8H2,1-4H3. The second-order valence-corrected chi connectivity index (χ2v) is 5.79. The van der Waals surface area contributed by atoms with Gasteiger partial charge in [-0.1, -0.05) is 20.8 Å². The third-order valence-electron chi connectivity index (χ3n) is 3.12. The van der Waals surface area contributed by atoms with Gasteiger partial charge >= 0.3 is 0 Å². The highest BCUT2D eigenvalue weighted by atomic mass is 16.5. The van der Waals surface area contributed by atoms with E-state index in [1.54, 1.807) is 23.1 Å². The third-order valence-corrected chi connectivity index (χ3v) is 3.12. The van der Waals surface area contributed by atoms with Gasteiger partial charge in [0.15, 0.2) is 5.78 Å². The molecule has 0 N–H and O–H groups in total. The summed E-state index contributed by atoms with van der Waals surface area (Å²) < 4.78 is 5.55. The number of carbonyl (C=O) groups is 2. The zero-order valence-electron chi connectivity index (χ0n) is 11.8. The first kappa shape index (κ1) is 13.6. The molecule has 1 aromatic carbocycles. The molecule has 19 heavy (non-hydrogen) atoms. The van der Waals surface area contributed by atoms with Gasteiger partial charge in [0.05, 0.1) is 12.2 Å². The lowest BCUT2D eigenvalue weighted by atomic mass is 9.94. The first-order valence-electron chi connectivity index (χ1n) is 6.40. The molecule has 1 aliphatic rings. The van der Waals surface area contributed by atoms with E-state index in [1.807, 2.05) is 20.8 Å². The highest BCUT2D eigenvalue weighted by Gasteiger charge is 2.32. The van der Waals surface area contributed by atoms with Crippen molar-refractivity contribution in [3.05, 3.63) is 23.8 Å². The van der Waals surface area contributed by atoms with Crippen LogP contribution in [-0.2, 0) is 4.79 Å². The first-order valence-corrected chi connectivity index (χ1v) is 6.40. The Labute approximate surface area is 113 Å². The van der Waals surface area contributed by atoms with Crippen molar-refractivity contribution in [3.8, 4) is 5.75 Å². The molecule has 0 spiro atoms. The smallest absolute Gasteiger partial charge is 0.232 e. The van der Waals surface area contributed by atoms with Gasteiger partial charge < -0.3 is 9.64 Å². The molecule has 0 unspecified atom stereocenters. The topological polar surface area (TPSA) is 46.6 Å². The van der Waals surface area contributed by atoms with Crippen LogP contribution in [0.1, 0.15) is 38.1 Å². The van der Waals surface area contributed by atoms with Crippen LogP contribution in [0.5, 0.6) is 5.75 Å². The van der Waals surface area contributed by atoms with E-state index < -0.39 is 5.41 Å². The Bertz CT molecular complexity index is 529. The van der Waals surface area contributed by atoms with E-state index in [1.165, 1.54) is 6.92 Å². The predicted molar refractivity (Wildman–Crippen MR) is 73.7 cm³/mol. The largest absolute Gasteiger partial charge is 0.490 e. The number of ether oxygens (including phenoxy) is 1. The van der Waals surface area contributed by atoms with Crippen molar-refractivity contribution in [2.75, 3.05) is 18.1 Å². The van der Waals surface area contributed by atoms with Crippen LogP contribution in [0.4, 0.5) is 5.69 Å². The summed E-state index contributed by atoms with van der Waals surface area (Å²) in [5.41, 5.74) is 0.829. The quantitative estimate of drug-likeness (QED) is 0.730. The molecule has 1 aliphatic heterocycles. The lowest BCUT2D eigenvalue weighted by Crippen LogP contribution is -2.44. The number of carbonyl (C=O) groups excluding carboxylic acids is 2. The van der Waals surface area contributed by atoms with Gasteiger partial charge in [-0.25, -0.2) is 0 Å². The number of Topliss-reactive ketones (excluding diaryl/α,β-unsaturated/α-hetero) is 1. The number of benzene rings is 1. The molecule has 2 rings (SSSR count). The summed E-state index contributed by atoms with van der Waals surface area (Å²) in [6.45, 7) is 8.18. The molecular weight excluding hydrogens is 242 g/mol. The Morgan fingerprint density at radius 3 is 2.53 bits per heavy atom. The van der Waals surface area contributed by atoms with Crippen molar-refractivity contribution < 1.29 is 14.3 Å². The van der Waals surface area contributed by atoms with Gasteiger partial charge in [0.1, 0.15) is 12.4 Å². The van der Waals surface area contributed by atoms with Gasteiger partial charge in [0.2, 0.25) is 5.91 Å². The maximum absolute atomic E-state index is 12.4. The third kappa shape index (κ3) is 2.62. The second kappa shape index (κ2) is 4.68. The number of fused-ring (bicyclic) bond motifs is 1. The molecule has 0 saturated heterocycles. The number of ketones is 1. The summed E-state index contributed by atoms with van der Waals surface area (Å²) in [4.78, 5) is 25.6. The lowest BCUT2D eigenvalue weighted by Gasteiger charge is -2.34. The number of nitrogens with zero attached hydrogens (tertiary/aromatic N) is 1. The van der Waals surface area contributed by atoms with Crippen molar-refractivity contribution in [3.63, 3.8) is 0 Å². The summed E-state index contributed by atoms with van der Waals surface area (Å²) >= 11 is 0. The molecule has 1 amide bonds. The Balaban J connectivity index is 2.45. The van der Waals surface area contributed by atoms with E-state index in [9.17, 15) is 9.59 Å². The molecule has 0 aromatic heterocycles. The molecular formula is C15H19NO3. The van der Waals surface area contributed by atoms with Gasteiger partial charge in [-0.3, -0.25) is 9.59 Å². The van der Waals surface area contributed by atoms with Crippen LogP contribution in [-0.4, -0.2) is 24.8 Å². The van der Waals surface area contributed by atoms with Crippen LogP contribution >= 0.6 is 0 Å². The van der Waals surface area contributed by atoms with Crippen molar-refractivity contribution in [2.24, 2.45) is 5.41 Å². The number of amides is 1. The summed E-state index contributed by atoms with van der Waals surface area (Å²) in [5, 5.41) is 0. The fourth-order valence-corrected chi connectivity index (χ4v) is 2.05. The number of rotatable bonds is 1. The molecule has 0 aliphatic carbocycles. The molecule has 102 valence electrons. The van der Waals surface area contributed by atoms with Crippen LogP contribution in [0.15, 0.2) is 18.2 Å². The van der Waals surface area contributed by atoms with Crippen LogP contribution < -0.4 is 9.64 Å². The minimum atomic E-state index is -0.458. The Morgan fingerprint density at radius 2 is 1.95 bits per heavy atom. The predicted octanol–water partition coefficient (Wildman–Crippen LogP) is 2.66. The average molecular weight is 261 g/mol. The number of anilines is 1. The average Bonchev–Trinajstić information content (AvgIpc) is 2.35. The van der Waals surface area contributed by atoms with Gasteiger partial charge in [0, 0.05) is 11.0 Å². The molecule has 0 fully saturated rings. The summed E-state index contributed by atoms with van der Waals surface area (Å²) in [5.74, 6) is 0.683. The van der Waals surface area contributed by atoms with E-state index in [0.717, 1.165) is 0 Å².